The Kier molecular flexibility index (Phi) is 3.61. The summed E-state index contributed by atoms with van der Waals surface area (Å²) in [5.74, 6) is -1.58. The molecule has 0 spiro atoms. The Morgan fingerprint density at radius 3 is 2.60 bits per heavy atom. The average Bonchev–Trinajstić information content (AvgIpc) is 2.15. The summed E-state index contributed by atoms with van der Waals surface area (Å²) in [5, 5.41) is 10.4. The predicted octanol–water partition coefficient (Wildman–Crippen LogP) is 2.96. The smallest absolute Gasteiger partial charge is 0.258 e. The van der Waals surface area contributed by atoms with E-state index >= 15 is 0 Å². The number of rotatable bonds is 3. The molecule has 0 aliphatic carbocycles. The second kappa shape index (κ2) is 4.56. The van der Waals surface area contributed by atoms with E-state index in [2.05, 4.69) is 20.9 Å². The van der Waals surface area contributed by atoms with Crippen LogP contribution in [0.25, 0.3) is 0 Å². The zero-order chi connectivity index (χ0) is 11.6. The molecule has 0 radical (unpaired) electrons. The van der Waals surface area contributed by atoms with Gasteiger partial charge in [-0.3, -0.25) is 15.1 Å². The van der Waals surface area contributed by atoms with Crippen LogP contribution in [-0.2, 0) is 5.33 Å². The maximum absolute atomic E-state index is 13.2. The zero-order valence-corrected chi connectivity index (χ0v) is 8.67. The average molecular weight is 285 g/mol. The van der Waals surface area contributed by atoms with Crippen molar-refractivity contribution in [3.05, 3.63) is 33.4 Å². The third-order valence-corrected chi connectivity index (χ3v) is 2.23. The molecule has 0 N–H and O–H groups in total. The zero-order valence-electron chi connectivity index (χ0n) is 7.08. The summed E-state index contributed by atoms with van der Waals surface area (Å²) in [5.41, 5.74) is -2.24. The van der Waals surface area contributed by atoms with E-state index in [0.29, 0.717) is 0 Å². The minimum atomic E-state index is -3.17. The molecule has 1 aromatic rings. The second-order valence-electron chi connectivity index (χ2n) is 2.52. The number of alkyl halides is 3. The van der Waals surface area contributed by atoms with Gasteiger partial charge >= 0.3 is 5.69 Å². The molecule has 0 saturated heterocycles. The largest absolute Gasteiger partial charge is 0.312 e. The Bertz CT molecular complexity index is 400. The van der Waals surface area contributed by atoms with E-state index in [9.17, 15) is 23.3 Å². The van der Waals surface area contributed by atoms with Crippen LogP contribution in [0.5, 0.6) is 0 Å². The molecule has 1 rings (SSSR count). The van der Waals surface area contributed by atoms with E-state index in [1.807, 2.05) is 0 Å². The molecule has 4 nitrogen and oxygen atoms in total. The highest BCUT2D eigenvalue weighted by Gasteiger charge is 2.27. The van der Waals surface area contributed by atoms with Crippen molar-refractivity contribution in [2.75, 3.05) is 0 Å². The number of halogens is 4. The molecule has 0 saturated carbocycles. The van der Waals surface area contributed by atoms with E-state index in [-0.39, 0.29) is 10.9 Å². The minimum absolute atomic E-state index is 0.0310. The van der Waals surface area contributed by atoms with E-state index in [4.69, 9.17) is 0 Å². The highest BCUT2D eigenvalue weighted by Crippen LogP contribution is 2.30. The van der Waals surface area contributed by atoms with Crippen molar-refractivity contribution in [2.24, 2.45) is 0 Å². The van der Waals surface area contributed by atoms with E-state index in [1.165, 1.54) is 0 Å². The summed E-state index contributed by atoms with van der Waals surface area (Å²) < 4.78 is 37.6. The number of hydrogen-bond donors (Lipinski definition) is 0. The normalized spacial score (nSPS) is 10.7. The van der Waals surface area contributed by atoms with Gasteiger partial charge in [-0.2, -0.15) is 4.39 Å². The van der Waals surface area contributed by atoms with Crippen molar-refractivity contribution >= 4 is 21.6 Å². The van der Waals surface area contributed by atoms with Gasteiger partial charge in [-0.05, 0) is 0 Å². The van der Waals surface area contributed by atoms with Gasteiger partial charge in [0.25, 0.3) is 6.43 Å². The van der Waals surface area contributed by atoms with Crippen molar-refractivity contribution < 1.29 is 18.1 Å². The van der Waals surface area contributed by atoms with Crippen molar-refractivity contribution in [3.8, 4) is 0 Å². The summed E-state index contributed by atoms with van der Waals surface area (Å²) in [6.07, 6.45) is -2.31. The van der Waals surface area contributed by atoms with Gasteiger partial charge in [0, 0.05) is 11.5 Å². The highest BCUT2D eigenvalue weighted by molar-refractivity contribution is 9.08. The Balaban J connectivity index is 3.42. The topological polar surface area (TPSA) is 56.0 Å². The molecule has 8 heteroatoms. The first-order valence-electron chi connectivity index (χ1n) is 3.64. The maximum atomic E-state index is 13.2. The first kappa shape index (κ1) is 11.9. The number of pyridine rings is 1. The Morgan fingerprint density at radius 2 is 2.20 bits per heavy atom. The van der Waals surface area contributed by atoms with Crippen LogP contribution in [0.1, 0.15) is 17.7 Å². The molecule has 0 amide bonds. The fraction of sp³-hybridized carbons (Fsp3) is 0.286. The van der Waals surface area contributed by atoms with Crippen LogP contribution in [0.3, 0.4) is 0 Å². The van der Waals surface area contributed by atoms with Crippen LogP contribution in [0, 0.1) is 15.9 Å². The molecule has 1 heterocycles. The Labute approximate surface area is 90.4 Å². The van der Waals surface area contributed by atoms with Gasteiger partial charge in [0.2, 0.25) is 5.82 Å². The monoisotopic (exact) mass is 284 g/mol. The predicted molar refractivity (Wildman–Crippen MR) is 48.4 cm³/mol. The number of nitro groups is 1. The van der Waals surface area contributed by atoms with Gasteiger partial charge in [0.05, 0.1) is 10.5 Å². The van der Waals surface area contributed by atoms with Crippen LogP contribution < -0.4 is 0 Å². The summed E-state index contributed by atoms with van der Waals surface area (Å²) in [4.78, 5) is 12.5. The van der Waals surface area contributed by atoms with E-state index in [1.54, 1.807) is 0 Å². The Hall–Kier alpha value is -1.18. The Morgan fingerprint density at radius 1 is 1.60 bits per heavy atom. The number of aromatic nitrogens is 1. The first-order valence-corrected chi connectivity index (χ1v) is 4.77. The van der Waals surface area contributed by atoms with Gasteiger partial charge in [-0.25, -0.2) is 8.78 Å². The summed E-state index contributed by atoms with van der Waals surface area (Å²) in [7, 11) is 0. The van der Waals surface area contributed by atoms with Crippen LogP contribution in [0.15, 0.2) is 6.20 Å². The molecular formula is C7H4BrF3N2O2. The van der Waals surface area contributed by atoms with Gasteiger partial charge in [0.15, 0.2) is 0 Å². The third-order valence-electron chi connectivity index (χ3n) is 1.63. The molecule has 0 aliphatic rings. The maximum Gasteiger partial charge on any atom is 0.312 e. The van der Waals surface area contributed by atoms with Crippen molar-refractivity contribution in [1.82, 2.24) is 4.98 Å². The minimum Gasteiger partial charge on any atom is -0.258 e. The summed E-state index contributed by atoms with van der Waals surface area (Å²) in [6, 6.07) is 0. The van der Waals surface area contributed by atoms with Crippen molar-refractivity contribution in [1.29, 1.82) is 0 Å². The molecule has 0 unspecified atom stereocenters. The second-order valence-corrected chi connectivity index (χ2v) is 3.08. The molecule has 15 heavy (non-hydrogen) atoms. The molecule has 0 atom stereocenters. The molecule has 0 bridgehead atoms. The fourth-order valence-electron chi connectivity index (χ4n) is 0.975. The van der Waals surface area contributed by atoms with Gasteiger partial charge in [-0.1, -0.05) is 15.9 Å². The van der Waals surface area contributed by atoms with Crippen LogP contribution in [0.2, 0.25) is 0 Å². The molecule has 82 valence electrons. The summed E-state index contributed by atoms with van der Waals surface area (Å²) >= 11 is 2.87. The van der Waals surface area contributed by atoms with Crippen LogP contribution in [0.4, 0.5) is 18.9 Å². The fourth-order valence-corrected chi connectivity index (χ4v) is 1.39. The highest BCUT2D eigenvalue weighted by atomic mass is 79.9. The molecule has 0 aromatic carbocycles. The van der Waals surface area contributed by atoms with Gasteiger partial charge in [-0.15, -0.1) is 0 Å². The SMILES string of the molecule is O=[N+]([O-])c1c(CBr)cnc(C(F)F)c1F. The van der Waals surface area contributed by atoms with Crippen LogP contribution in [-0.4, -0.2) is 9.91 Å². The lowest BCUT2D eigenvalue weighted by molar-refractivity contribution is -0.388. The lowest BCUT2D eigenvalue weighted by atomic mass is 10.2. The molecule has 0 aliphatic heterocycles. The lowest BCUT2D eigenvalue weighted by Gasteiger charge is -2.04. The van der Waals surface area contributed by atoms with Gasteiger partial charge in [0.1, 0.15) is 5.69 Å². The molecular weight excluding hydrogens is 281 g/mol. The standard InChI is InChI=1S/C7H4BrF3N2O2/c8-1-3-2-12-5(7(10)11)4(9)6(3)13(14)15/h2,7H,1H2. The number of hydrogen-bond acceptors (Lipinski definition) is 3. The van der Waals surface area contributed by atoms with Crippen LogP contribution >= 0.6 is 15.9 Å². The molecule has 1 aromatic heterocycles. The van der Waals surface area contributed by atoms with Crippen molar-refractivity contribution in [3.63, 3.8) is 0 Å². The van der Waals surface area contributed by atoms with E-state index < -0.39 is 28.5 Å². The van der Waals surface area contributed by atoms with Crippen molar-refractivity contribution in [2.45, 2.75) is 11.8 Å². The lowest BCUT2D eigenvalue weighted by Crippen LogP contribution is -2.04. The van der Waals surface area contributed by atoms with E-state index in [0.717, 1.165) is 6.20 Å². The quantitative estimate of drug-likeness (QED) is 0.487. The van der Waals surface area contributed by atoms with Gasteiger partial charge < -0.3 is 0 Å². The summed E-state index contributed by atoms with van der Waals surface area (Å²) in [6.45, 7) is 0. The third kappa shape index (κ3) is 2.25. The first-order chi connectivity index (χ1) is 6.99. The number of nitrogens with zero attached hydrogens (tertiary/aromatic N) is 2. The molecule has 0 fully saturated rings.